The molecule has 4 heteroatoms. The van der Waals surface area contributed by atoms with Gasteiger partial charge in [0, 0.05) is 18.3 Å². The van der Waals surface area contributed by atoms with Gasteiger partial charge in [-0.05, 0) is 51.9 Å². The van der Waals surface area contributed by atoms with Crippen LogP contribution in [0.15, 0.2) is 12.1 Å². The number of aromatic nitrogens is 1. The maximum Gasteiger partial charge on any atom is 0.127 e. The maximum atomic E-state index is 8.97. The Balaban J connectivity index is 1.92. The van der Waals surface area contributed by atoms with Crippen LogP contribution in [0.5, 0.6) is 0 Å². The molecule has 1 aromatic heterocycles. The van der Waals surface area contributed by atoms with Gasteiger partial charge in [0.25, 0.3) is 0 Å². The normalized spacial score (nSPS) is 17.7. The van der Waals surface area contributed by atoms with Crippen LogP contribution in [0.3, 0.4) is 0 Å². The molecule has 1 aliphatic rings. The minimum Gasteiger partial charge on any atom is -0.366 e. The Labute approximate surface area is 115 Å². The molecule has 0 aromatic carbocycles. The smallest absolute Gasteiger partial charge is 0.127 e. The number of likely N-dealkylation sites (tertiary alicyclic amines) is 1. The Morgan fingerprint density at radius 2 is 2.11 bits per heavy atom. The molecule has 0 saturated carbocycles. The first-order valence-electron chi connectivity index (χ1n) is 7.05. The van der Waals surface area contributed by atoms with Crippen molar-refractivity contribution >= 4 is 5.82 Å². The molecule has 1 fully saturated rings. The lowest BCUT2D eigenvalue weighted by molar-refractivity contribution is 0.223. The molecule has 1 saturated heterocycles. The molecule has 1 atom stereocenters. The third-order valence-corrected chi connectivity index (χ3v) is 3.46. The van der Waals surface area contributed by atoms with Gasteiger partial charge in [-0.2, -0.15) is 5.26 Å². The average Bonchev–Trinajstić information content (AvgIpc) is 2.38. The van der Waals surface area contributed by atoms with Crippen LogP contribution in [-0.4, -0.2) is 35.6 Å². The van der Waals surface area contributed by atoms with Crippen molar-refractivity contribution in [1.29, 1.82) is 5.26 Å². The van der Waals surface area contributed by atoms with E-state index in [4.69, 9.17) is 5.26 Å². The highest BCUT2D eigenvalue weighted by atomic mass is 15.2. The number of pyridine rings is 1. The van der Waals surface area contributed by atoms with Crippen molar-refractivity contribution in [2.75, 3.05) is 25.0 Å². The van der Waals surface area contributed by atoms with Crippen molar-refractivity contribution in [3.8, 4) is 6.07 Å². The molecule has 0 bridgehead atoms. The van der Waals surface area contributed by atoms with Crippen LogP contribution >= 0.6 is 0 Å². The average molecular weight is 258 g/mol. The monoisotopic (exact) mass is 258 g/mol. The fraction of sp³-hybridized carbons (Fsp3) is 0.600. The molecular formula is C15H22N4. The number of nitrogens with one attached hydrogen (secondary N) is 1. The molecule has 1 aromatic rings. The molecule has 1 aliphatic heterocycles. The summed E-state index contributed by atoms with van der Waals surface area (Å²) in [6, 6.07) is 6.14. The van der Waals surface area contributed by atoms with E-state index in [0.717, 1.165) is 18.1 Å². The van der Waals surface area contributed by atoms with Crippen molar-refractivity contribution in [3.63, 3.8) is 0 Å². The van der Waals surface area contributed by atoms with Crippen molar-refractivity contribution in [2.24, 2.45) is 0 Å². The van der Waals surface area contributed by atoms with E-state index in [1.807, 2.05) is 13.0 Å². The van der Waals surface area contributed by atoms with E-state index >= 15 is 0 Å². The molecular weight excluding hydrogens is 236 g/mol. The molecule has 102 valence electrons. The first-order chi connectivity index (χ1) is 9.17. The van der Waals surface area contributed by atoms with E-state index in [0.29, 0.717) is 11.6 Å². The third kappa shape index (κ3) is 4.22. The van der Waals surface area contributed by atoms with E-state index in [1.54, 1.807) is 6.07 Å². The number of nitrogens with zero attached hydrogens (tertiary/aromatic N) is 3. The second-order valence-corrected chi connectivity index (χ2v) is 5.40. The minimum absolute atomic E-state index is 0.346. The standard InChI is InChI=1S/C15H22N4/c1-12-8-14(10-16)9-15(17-12)18-13(2)11-19-6-4-3-5-7-19/h8-9,13H,3-7,11H2,1-2H3,(H,17,18). The molecule has 4 nitrogen and oxygen atoms in total. The lowest BCUT2D eigenvalue weighted by atomic mass is 10.1. The highest BCUT2D eigenvalue weighted by Crippen LogP contribution is 2.13. The van der Waals surface area contributed by atoms with Crippen LogP contribution in [0, 0.1) is 18.3 Å². The van der Waals surface area contributed by atoms with E-state index in [-0.39, 0.29) is 0 Å². The quantitative estimate of drug-likeness (QED) is 0.901. The molecule has 0 radical (unpaired) electrons. The van der Waals surface area contributed by atoms with Crippen LogP contribution in [0.1, 0.15) is 37.4 Å². The first kappa shape index (κ1) is 13.8. The summed E-state index contributed by atoms with van der Waals surface area (Å²) >= 11 is 0. The lowest BCUT2D eigenvalue weighted by Crippen LogP contribution is -2.38. The van der Waals surface area contributed by atoms with Crippen molar-refractivity contribution < 1.29 is 0 Å². The van der Waals surface area contributed by atoms with Gasteiger partial charge in [-0.25, -0.2) is 4.98 Å². The largest absolute Gasteiger partial charge is 0.366 e. The summed E-state index contributed by atoms with van der Waals surface area (Å²) in [5, 5.41) is 12.4. The fourth-order valence-electron chi connectivity index (χ4n) is 2.63. The lowest BCUT2D eigenvalue weighted by Gasteiger charge is -2.29. The highest BCUT2D eigenvalue weighted by Gasteiger charge is 2.13. The summed E-state index contributed by atoms with van der Waals surface area (Å²) < 4.78 is 0. The van der Waals surface area contributed by atoms with Gasteiger partial charge in [-0.15, -0.1) is 0 Å². The van der Waals surface area contributed by atoms with Gasteiger partial charge < -0.3 is 10.2 Å². The molecule has 1 N–H and O–H groups in total. The van der Waals surface area contributed by atoms with Crippen molar-refractivity contribution in [1.82, 2.24) is 9.88 Å². The van der Waals surface area contributed by atoms with Crippen LogP contribution in [0.2, 0.25) is 0 Å². The van der Waals surface area contributed by atoms with E-state index in [2.05, 4.69) is 28.2 Å². The van der Waals surface area contributed by atoms with Gasteiger partial charge in [0.05, 0.1) is 11.6 Å². The second kappa shape index (κ2) is 6.53. The summed E-state index contributed by atoms with van der Waals surface area (Å²) in [7, 11) is 0. The Bertz CT molecular complexity index is 458. The number of anilines is 1. The highest BCUT2D eigenvalue weighted by molar-refractivity contribution is 5.44. The SMILES string of the molecule is Cc1cc(C#N)cc(NC(C)CN2CCCCC2)n1. The maximum absolute atomic E-state index is 8.97. The van der Waals surface area contributed by atoms with Crippen LogP contribution in [0.4, 0.5) is 5.82 Å². The van der Waals surface area contributed by atoms with Gasteiger partial charge >= 0.3 is 0 Å². The predicted molar refractivity (Wildman–Crippen MR) is 77.1 cm³/mol. The number of hydrogen-bond donors (Lipinski definition) is 1. The Morgan fingerprint density at radius 3 is 2.79 bits per heavy atom. The molecule has 0 amide bonds. The van der Waals surface area contributed by atoms with Gasteiger partial charge in [0.2, 0.25) is 0 Å². The van der Waals surface area contributed by atoms with Crippen molar-refractivity contribution in [2.45, 2.75) is 39.2 Å². The summed E-state index contributed by atoms with van der Waals surface area (Å²) in [5.41, 5.74) is 1.55. The Kier molecular flexibility index (Phi) is 4.75. The third-order valence-electron chi connectivity index (χ3n) is 3.46. The fourth-order valence-corrected chi connectivity index (χ4v) is 2.63. The molecule has 1 unspecified atom stereocenters. The number of nitriles is 1. The van der Waals surface area contributed by atoms with Crippen LogP contribution < -0.4 is 5.32 Å². The topological polar surface area (TPSA) is 52.0 Å². The zero-order valence-electron chi connectivity index (χ0n) is 11.8. The van der Waals surface area contributed by atoms with Crippen LogP contribution in [-0.2, 0) is 0 Å². The van der Waals surface area contributed by atoms with E-state index in [1.165, 1.54) is 32.4 Å². The van der Waals surface area contributed by atoms with E-state index < -0.39 is 0 Å². The number of aryl methyl sites for hydroxylation is 1. The minimum atomic E-state index is 0.346. The van der Waals surface area contributed by atoms with Gasteiger partial charge in [0.15, 0.2) is 0 Å². The summed E-state index contributed by atoms with van der Waals surface area (Å²) in [4.78, 5) is 6.94. The van der Waals surface area contributed by atoms with Gasteiger partial charge in [-0.3, -0.25) is 0 Å². The Morgan fingerprint density at radius 1 is 1.37 bits per heavy atom. The zero-order chi connectivity index (χ0) is 13.7. The van der Waals surface area contributed by atoms with Gasteiger partial charge in [-0.1, -0.05) is 6.42 Å². The van der Waals surface area contributed by atoms with Crippen molar-refractivity contribution in [3.05, 3.63) is 23.4 Å². The summed E-state index contributed by atoms with van der Waals surface area (Å²) in [5.74, 6) is 0.807. The molecule has 19 heavy (non-hydrogen) atoms. The predicted octanol–water partition coefficient (Wildman–Crippen LogP) is 2.55. The van der Waals surface area contributed by atoms with Crippen LogP contribution in [0.25, 0.3) is 0 Å². The molecule has 2 rings (SSSR count). The number of hydrogen-bond acceptors (Lipinski definition) is 4. The van der Waals surface area contributed by atoms with Gasteiger partial charge in [0.1, 0.15) is 5.82 Å². The number of piperidine rings is 1. The summed E-state index contributed by atoms with van der Waals surface area (Å²) in [6.45, 7) is 7.54. The number of rotatable bonds is 4. The zero-order valence-corrected chi connectivity index (χ0v) is 11.8. The molecule has 2 heterocycles. The molecule has 0 spiro atoms. The van der Waals surface area contributed by atoms with E-state index in [9.17, 15) is 0 Å². The first-order valence-corrected chi connectivity index (χ1v) is 7.05. The Hall–Kier alpha value is -1.60. The second-order valence-electron chi connectivity index (χ2n) is 5.40. The summed E-state index contributed by atoms with van der Waals surface area (Å²) in [6.07, 6.45) is 3.99. The molecule has 0 aliphatic carbocycles.